The van der Waals surface area contributed by atoms with Crippen molar-refractivity contribution in [1.82, 2.24) is 0 Å². The third-order valence-corrected chi connectivity index (χ3v) is 1.04. The summed E-state index contributed by atoms with van der Waals surface area (Å²) in [5, 5.41) is 16.2. The Bertz CT molecular complexity index is 105. The molecule has 3 nitrogen and oxygen atoms in total. The van der Waals surface area contributed by atoms with Gasteiger partial charge in [-0.15, -0.1) is 0 Å². The fraction of sp³-hybridized carbons (Fsp3) is 0.857. The topological polar surface area (TPSA) is 57.5 Å². The van der Waals surface area contributed by atoms with E-state index in [1.807, 2.05) is 0 Å². The lowest BCUT2D eigenvalue weighted by Crippen LogP contribution is -2.03. The summed E-state index contributed by atoms with van der Waals surface area (Å²) in [6.07, 6.45) is 2.17. The molecule has 0 aromatic carbocycles. The molecule has 1 rings (SSSR count). The largest absolute Gasteiger partial charge is 0.481 e. The molecule has 2 N–H and O–H groups in total. The summed E-state index contributed by atoms with van der Waals surface area (Å²) >= 11 is 0. The molecule has 0 spiro atoms. The number of aliphatic hydroxyl groups is 1. The fourth-order valence-electron chi connectivity index (χ4n) is 0.0745. The molecule has 3 heteroatoms. The average Bonchev–Trinajstić information content (AvgIpc) is 2.52. The molecule has 0 heterocycles. The van der Waals surface area contributed by atoms with Gasteiger partial charge in [-0.2, -0.15) is 0 Å². The number of carbonyl (C=O) groups is 1. The van der Waals surface area contributed by atoms with Crippen molar-refractivity contribution in [3.05, 3.63) is 0 Å². The summed E-state index contributed by atoms with van der Waals surface area (Å²) in [7, 11) is 0. The van der Waals surface area contributed by atoms with Gasteiger partial charge in [0.1, 0.15) is 0 Å². The van der Waals surface area contributed by atoms with Crippen LogP contribution in [0.4, 0.5) is 0 Å². The van der Waals surface area contributed by atoms with E-state index in [9.17, 15) is 4.79 Å². The van der Waals surface area contributed by atoms with Crippen molar-refractivity contribution in [2.75, 3.05) is 0 Å². The average molecular weight is 146 g/mol. The third-order valence-electron chi connectivity index (χ3n) is 1.04. The first-order valence-corrected chi connectivity index (χ1v) is 3.45. The Hall–Kier alpha value is -0.570. The van der Waals surface area contributed by atoms with Gasteiger partial charge in [0.2, 0.25) is 0 Å². The fourth-order valence-corrected chi connectivity index (χ4v) is 0.0745. The summed E-state index contributed by atoms with van der Waals surface area (Å²) < 4.78 is 0. The van der Waals surface area contributed by atoms with Crippen LogP contribution in [0.1, 0.15) is 26.7 Å². The van der Waals surface area contributed by atoms with Gasteiger partial charge in [-0.05, 0) is 12.8 Å². The lowest BCUT2D eigenvalue weighted by atomic mass is 10.2. The molecular weight excluding hydrogens is 132 g/mol. The first-order chi connectivity index (χ1) is 4.54. The second kappa shape index (κ2) is 4.28. The molecule has 60 valence electrons. The van der Waals surface area contributed by atoms with Crippen molar-refractivity contribution in [2.45, 2.75) is 32.8 Å². The van der Waals surface area contributed by atoms with Gasteiger partial charge in [0.15, 0.2) is 0 Å². The van der Waals surface area contributed by atoms with Crippen molar-refractivity contribution in [3.8, 4) is 0 Å². The summed E-state index contributed by atoms with van der Waals surface area (Å²) in [5.74, 6) is -0.972. The van der Waals surface area contributed by atoms with Crippen LogP contribution in [-0.4, -0.2) is 22.3 Å². The molecule has 0 amide bonds. The van der Waals surface area contributed by atoms with Crippen LogP contribution < -0.4 is 0 Å². The molecule has 0 aliphatic heterocycles. The van der Waals surface area contributed by atoms with Gasteiger partial charge in [-0.25, -0.2) is 0 Å². The monoisotopic (exact) mass is 146 g/mol. The van der Waals surface area contributed by atoms with Crippen molar-refractivity contribution in [2.24, 2.45) is 5.92 Å². The lowest BCUT2D eigenvalue weighted by Gasteiger charge is -1.89. The van der Waals surface area contributed by atoms with Gasteiger partial charge < -0.3 is 10.2 Å². The van der Waals surface area contributed by atoms with E-state index < -0.39 is 5.97 Å². The first-order valence-electron chi connectivity index (χ1n) is 3.45. The lowest BCUT2D eigenvalue weighted by molar-refractivity contribution is -0.140. The zero-order valence-corrected chi connectivity index (χ0v) is 6.37. The Morgan fingerprint density at radius 3 is 1.70 bits per heavy atom. The maximum Gasteiger partial charge on any atom is 0.305 e. The Kier molecular flexibility index (Phi) is 4.03. The van der Waals surface area contributed by atoms with Crippen LogP contribution in [0, 0.1) is 5.92 Å². The first kappa shape index (κ1) is 9.43. The molecule has 0 bridgehead atoms. The number of hydrogen-bond donors (Lipinski definition) is 2. The second-order valence-corrected chi connectivity index (χ2v) is 2.72. The van der Waals surface area contributed by atoms with Gasteiger partial charge in [-0.1, -0.05) is 13.8 Å². The zero-order valence-electron chi connectivity index (χ0n) is 6.37. The van der Waals surface area contributed by atoms with Crippen molar-refractivity contribution in [3.63, 3.8) is 0 Å². The number of aliphatic hydroxyl groups excluding tert-OH is 1. The van der Waals surface area contributed by atoms with E-state index in [4.69, 9.17) is 10.2 Å². The highest BCUT2D eigenvalue weighted by molar-refractivity contribution is 5.68. The van der Waals surface area contributed by atoms with E-state index >= 15 is 0 Å². The van der Waals surface area contributed by atoms with Crippen molar-refractivity contribution in [1.29, 1.82) is 0 Å². The zero-order chi connectivity index (χ0) is 8.15. The van der Waals surface area contributed by atoms with Gasteiger partial charge in [0.25, 0.3) is 0 Å². The highest BCUT2D eigenvalue weighted by atomic mass is 16.4. The molecule has 1 aliphatic carbocycles. The Labute approximate surface area is 60.7 Å². The van der Waals surface area contributed by atoms with E-state index in [2.05, 4.69) is 0 Å². The number of carboxylic acid groups (broad SMARTS) is 1. The molecule has 1 saturated carbocycles. The Balaban J connectivity index is 0.000000172. The molecule has 1 aliphatic rings. The standard InChI is InChI=1S/C4H8O2.C3H6O/c1-3(2)4(5)6;4-3-1-2-3/h3H,1-2H3,(H,5,6);3-4H,1-2H2. The summed E-state index contributed by atoms with van der Waals surface area (Å²) in [6.45, 7) is 3.28. The van der Waals surface area contributed by atoms with Crippen LogP contribution in [0.2, 0.25) is 0 Å². The molecular formula is C7H14O3. The maximum absolute atomic E-state index is 9.70. The minimum absolute atomic E-state index is 0.0833. The van der Waals surface area contributed by atoms with E-state index in [-0.39, 0.29) is 12.0 Å². The van der Waals surface area contributed by atoms with Crippen LogP contribution in [0.3, 0.4) is 0 Å². The van der Waals surface area contributed by atoms with E-state index in [1.165, 1.54) is 0 Å². The van der Waals surface area contributed by atoms with E-state index in [1.54, 1.807) is 13.8 Å². The number of carboxylic acids is 1. The Morgan fingerprint density at radius 2 is 1.70 bits per heavy atom. The van der Waals surface area contributed by atoms with Gasteiger partial charge in [0, 0.05) is 0 Å². The molecule has 0 radical (unpaired) electrons. The van der Waals surface area contributed by atoms with Crippen molar-refractivity contribution >= 4 is 5.97 Å². The second-order valence-electron chi connectivity index (χ2n) is 2.72. The van der Waals surface area contributed by atoms with Crippen LogP contribution in [0.25, 0.3) is 0 Å². The summed E-state index contributed by atoms with van der Waals surface area (Å²) in [5.41, 5.74) is 0. The van der Waals surface area contributed by atoms with Crippen LogP contribution in [-0.2, 0) is 4.79 Å². The predicted octanol–water partition coefficient (Wildman–Crippen LogP) is 0.868. The van der Waals surface area contributed by atoms with Crippen LogP contribution >= 0.6 is 0 Å². The highest BCUT2D eigenvalue weighted by Gasteiger charge is 2.15. The van der Waals surface area contributed by atoms with E-state index in [0.29, 0.717) is 0 Å². The van der Waals surface area contributed by atoms with Crippen molar-refractivity contribution < 1.29 is 15.0 Å². The normalized spacial score (nSPS) is 16.0. The SMILES string of the molecule is CC(C)C(=O)O.OC1CC1. The van der Waals surface area contributed by atoms with Gasteiger partial charge in [0.05, 0.1) is 12.0 Å². The Morgan fingerprint density at radius 1 is 1.50 bits per heavy atom. The minimum atomic E-state index is -0.741. The molecule has 10 heavy (non-hydrogen) atoms. The quantitative estimate of drug-likeness (QED) is 0.577. The molecule has 0 aromatic rings. The summed E-state index contributed by atoms with van der Waals surface area (Å²) in [4.78, 5) is 9.70. The predicted molar refractivity (Wildman–Crippen MR) is 37.7 cm³/mol. The molecule has 0 aromatic heterocycles. The highest BCUT2D eigenvalue weighted by Crippen LogP contribution is 2.16. The molecule has 0 unspecified atom stereocenters. The maximum atomic E-state index is 9.70. The van der Waals surface area contributed by atoms with Gasteiger partial charge >= 0.3 is 5.97 Å². The van der Waals surface area contributed by atoms with E-state index in [0.717, 1.165) is 12.8 Å². The summed E-state index contributed by atoms with van der Waals surface area (Å²) in [6, 6.07) is 0. The molecule has 0 saturated heterocycles. The smallest absolute Gasteiger partial charge is 0.305 e. The van der Waals surface area contributed by atoms with Gasteiger partial charge in [-0.3, -0.25) is 4.79 Å². The number of rotatable bonds is 1. The molecule has 1 fully saturated rings. The third kappa shape index (κ3) is 7.43. The molecule has 0 atom stereocenters. The number of aliphatic carboxylic acids is 1. The number of hydrogen-bond acceptors (Lipinski definition) is 2. The van der Waals surface area contributed by atoms with Crippen LogP contribution in [0.15, 0.2) is 0 Å². The van der Waals surface area contributed by atoms with Crippen LogP contribution in [0.5, 0.6) is 0 Å². The minimum Gasteiger partial charge on any atom is -0.481 e.